The molecule has 0 saturated heterocycles. The van der Waals surface area contributed by atoms with Gasteiger partial charge in [0, 0.05) is 18.0 Å². The van der Waals surface area contributed by atoms with E-state index in [1.165, 1.54) is 49.6 Å². The van der Waals surface area contributed by atoms with Crippen LogP contribution in [0.3, 0.4) is 0 Å². The lowest BCUT2D eigenvalue weighted by Crippen LogP contribution is -2.34. The molecule has 0 bridgehead atoms. The summed E-state index contributed by atoms with van der Waals surface area (Å²) in [4.78, 5) is 38.9. The second kappa shape index (κ2) is 9.04. The maximum Gasteiger partial charge on any atom is 0.321 e. The van der Waals surface area contributed by atoms with Gasteiger partial charge in [-0.2, -0.15) is 4.31 Å². The Hall–Kier alpha value is -2.63. The van der Waals surface area contributed by atoms with Gasteiger partial charge in [0.25, 0.3) is 5.91 Å². The van der Waals surface area contributed by atoms with Crippen molar-refractivity contribution in [3.05, 3.63) is 40.9 Å². The van der Waals surface area contributed by atoms with Gasteiger partial charge in [0.15, 0.2) is 17.5 Å². The van der Waals surface area contributed by atoms with Crippen molar-refractivity contribution in [2.24, 2.45) is 0 Å². The Morgan fingerprint density at radius 1 is 1.21 bits per heavy atom. The second-order valence-electron chi connectivity index (χ2n) is 5.84. The summed E-state index contributed by atoms with van der Waals surface area (Å²) in [6.07, 6.45) is 0. The van der Waals surface area contributed by atoms with Crippen LogP contribution >= 0.6 is 11.3 Å². The Labute approximate surface area is 166 Å². The molecule has 150 valence electrons. The average Bonchev–Trinajstić information content (AvgIpc) is 3.04. The van der Waals surface area contributed by atoms with Gasteiger partial charge in [0.05, 0.1) is 10.6 Å². The zero-order chi connectivity index (χ0) is 20.9. The largest absolute Gasteiger partial charge is 0.455 e. The molecular formula is C17H19N3O6S2. The Bertz CT molecular complexity index is 983. The molecule has 0 atom stereocenters. The number of sulfonamides is 1. The number of ketones is 1. The van der Waals surface area contributed by atoms with Crippen LogP contribution in [-0.2, 0) is 24.3 Å². The number of anilines is 1. The average molecular weight is 425 g/mol. The molecule has 0 fully saturated rings. The summed E-state index contributed by atoms with van der Waals surface area (Å²) in [5.41, 5.74) is 1.13. The van der Waals surface area contributed by atoms with Crippen LogP contribution in [0.15, 0.2) is 34.5 Å². The summed E-state index contributed by atoms with van der Waals surface area (Å²) in [5, 5.41) is 4.61. The van der Waals surface area contributed by atoms with E-state index in [2.05, 4.69) is 10.3 Å². The van der Waals surface area contributed by atoms with Crippen molar-refractivity contribution in [2.75, 3.05) is 25.5 Å². The first-order chi connectivity index (χ1) is 13.1. The van der Waals surface area contributed by atoms with E-state index >= 15 is 0 Å². The highest BCUT2D eigenvalue weighted by molar-refractivity contribution is 7.89. The smallest absolute Gasteiger partial charge is 0.321 e. The van der Waals surface area contributed by atoms with Crippen molar-refractivity contribution >= 4 is 44.2 Å². The van der Waals surface area contributed by atoms with E-state index in [0.29, 0.717) is 10.7 Å². The molecule has 2 rings (SSSR count). The maximum absolute atomic E-state index is 12.5. The number of esters is 1. The van der Waals surface area contributed by atoms with Gasteiger partial charge in [-0.1, -0.05) is 12.1 Å². The van der Waals surface area contributed by atoms with Crippen LogP contribution in [-0.4, -0.2) is 55.6 Å². The molecule has 0 spiro atoms. The van der Waals surface area contributed by atoms with Gasteiger partial charge in [-0.05, 0) is 26.0 Å². The topological polar surface area (TPSA) is 123 Å². The van der Waals surface area contributed by atoms with Gasteiger partial charge in [-0.25, -0.2) is 13.4 Å². The highest BCUT2D eigenvalue weighted by atomic mass is 32.2. The second-order valence-corrected chi connectivity index (χ2v) is 8.75. The molecule has 1 aromatic heterocycles. The first-order valence-electron chi connectivity index (χ1n) is 8.04. The molecule has 0 unspecified atom stereocenters. The first-order valence-corrected chi connectivity index (χ1v) is 10.4. The Balaban J connectivity index is 1.89. The number of carbonyl (C=O) groups excluding carboxylic acids is 3. The van der Waals surface area contributed by atoms with Crippen molar-refractivity contribution in [2.45, 2.75) is 18.7 Å². The third-order valence-electron chi connectivity index (χ3n) is 3.55. The number of ether oxygens (including phenoxy) is 1. The van der Waals surface area contributed by atoms with Crippen LogP contribution in [0.25, 0.3) is 0 Å². The zero-order valence-electron chi connectivity index (χ0n) is 15.5. The third kappa shape index (κ3) is 5.68. The fourth-order valence-corrected chi connectivity index (χ4v) is 3.89. The number of amides is 1. The molecule has 28 heavy (non-hydrogen) atoms. The van der Waals surface area contributed by atoms with Gasteiger partial charge >= 0.3 is 5.97 Å². The van der Waals surface area contributed by atoms with Crippen LogP contribution < -0.4 is 5.32 Å². The van der Waals surface area contributed by atoms with Crippen molar-refractivity contribution in [1.29, 1.82) is 0 Å². The summed E-state index contributed by atoms with van der Waals surface area (Å²) in [6, 6.07) is 5.37. The van der Waals surface area contributed by atoms with Crippen LogP contribution in [0, 0.1) is 6.92 Å². The van der Waals surface area contributed by atoms with Crippen LogP contribution in [0.1, 0.15) is 23.0 Å². The van der Waals surface area contributed by atoms with Crippen LogP contribution in [0.2, 0.25) is 0 Å². The Morgan fingerprint density at radius 2 is 1.86 bits per heavy atom. The molecule has 0 aliphatic rings. The molecular weight excluding hydrogens is 406 g/mol. The van der Waals surface area contributed by atoms with Crippen molar-refractivity contribution < 1.29 is 27.5 Å². The summed E-state index contributed by atoms with van der Waals surface area (Å²) in [6.45, 7) is 2.02. The quantitative estimate of drug-likeness (QED) is 0.502. The molecule has 1 amide bonds. The lowest BCUT2D eigenvalue weighted by molar-refractivity contribution is -0.147. The Kier molecular flexibility index (Phi) is 7.00. The highest BCUT2D eigenvalue weighted by Crippen LogP contribution is 2.16. The van der Waals surface area contributed by atoms with E-state index in [0.717, 1.165) is 10.00 Å². The first kappa shape index (κ1) is 21.7. The van der Waals surface area contributed by atoms with E-state index in [9.17, 15) is 22.8 Å². The normalized spacial score (nSPS) is 11.3. The van der Waals surface area contributed by atoms with Crippen molar-refractivity contribution in [1.82, 2.24) is 9.29 Å². The van der Waals surface area contributed by atoms with Crippen molar-refractivity contribution in [3.8, 4) is 0 Å². The summed E-state index contributed by atoms with van der Waals surface area (Å²) >= 11 is 1.23. The van der Waals surface area contributed by atoms with Gasteiger partial charge in [0.2, 0.25) is 10.0 Å². The number of carbonyl (C=O) groups is 3. The minimum atomic E-state index is -3.95. The predicted octanol–water partition coefficient (Wildman–Crippen LogP) is 1.46. The number of aromatic nitrogens is 1. The summed E-state index contributed by atoms with van der Waals surface area (Å²) < 4.78 is 30.6. The number of Topliss-reactive ketones (excluding diaryl/α,β-unsaturated/α-hetero) is 1. The number of thiazole rings is 1. The number of rotatable bonds is 8. The number of aryl methyl sites for hydroxylation is 1. The third-order valence-corrected chi connectivity index (χ3v) is 6.24. The lowest BCUT2D eigenvalue weighted by atomic mass is 10.2. The van der Waals surface area contributed by atoms with Crippen molar-refractivity contribution in [3.63, 3.8) is 0 Å². The number of nitrogens with zero attached hydrogens (tertiary/aromatic N) is 2. The summed E-state index contributed by atoms with van der Waals surface area (Å²) in [5.74, 6) is -1.64. The lowest BCUT2D eigenvalue weighted by Gasteiger charge is -2.16. The molecule has 2 aromatic rings. The van der Waals surface area contributed by atoms with Gasteiger partial charge in [-0.15, -0.1) is 11.3 Å². The number of likely N-dealkylation sites (N-methyl/N-ethyl adjacent to an activating group) is 1. The zero-order valence-corrected chi connectivity index (χ0v) is 17.1. The fourth-order valence-electron chi connectivity index (χ4n) is 2.07. The minimum absolute atomic E-state index is 0.0651. The Morgan fingerprint density at radius 3 is 2.39 bits per heavy atom. The molecule has 1 N–H and O–H groups in total. The maximum atomic E-state index is 12.5. The number of benzene rings is 1. The minimum Gasteiger partial charge on any atom is -0.455 e. The molecule has 1 aromatic carbocycles. The predicted molar refractivity (Wildman–Crippen MR) is 103 cm³/mol. The number of hydrogen-bond acceptors (Lipinski definition) is 8. The molecule has 0 aliphatic heterocycles. The molecule has 0 radical (unpaired) electrons. The SMILES string of the molecule is CC(=O)c1ccc(S(=O)(=O)N(C)CC(=O)OCC(=O)Nc2nc(C)cs2)cc1. The summed E-state index contributed by atoms with van der Waals surface area (Å²) in [7, 11) is -2.73. The molecule has 1 heterocycles. The van der Waals surface area contributed by atoms with Gasteiger partial charge in [0.1, 0.15) is 6.54 Å². The van der Waals surface area contributed by atoms with E-state index in [4.69, 9.17) is 4.74 Å². The van der Waals surface area contributed by atoms with Gasteiger partial charge < -0.3 is 4.74 Å². The van der Waals surface area contributed by atoms with Crippen LogP contribution in [0.4, 0.5) is 5.13 Å². The standard InChI is InChI=1S/C17H19N3O6S2/c1-11-10-27-17(18-11)19-15(22)9-26-16(23)8-20(3)28(24,25)14-6-4-13(5-7-14)12(2)21/h4-7,10H,8-9H2,1-3H3,(H,18,19,22). The van der Waals surface area contributed by atoms with E-state index < -0.39 is 35.1 Å². The molecule has 0 saturated carbocycles. The number of nitrogens with one attached hydrogen (secondary N) is 1. The van der Waals surface area contributed by atoms with E-state index in [-0.39, 0.29) is 10.7 Å². The van der Waals surface area contributed by atoms with Gasteiger partial charge in [-0.3, -0.25) is 19.7 Å². The van der Waals surface area contributed by atoms with E-state index in [1.54, 1.807) is 12.3 Å². The molecule has 9 nitrogen and oxygen atoms in total. The van der Waals surface area contributed by atoms with Crippen LogP contribution in [0.5, 0.6) is 0 Å². The molecule has 0 aliphatic carbocycles. The number of hydrogen-bond donors (Lipinski definition) is 1. The fraction of sp³-hybridized carbons (Fsp3) is 0.294. The van der Waals surface area contributed by atoms with E-state index in [1.807, 2.05) is 0 Å². The molecule has 11 heteroatoms. The monoisotopic (exact) mass is 425 g/mol. The highest BCUT2D eigenvalue weighted by Gasteiger charge is 2.24.